The van der Waals surface area contributed by atoms with Crippen molar-refractivity contribution in [1.29, 1.82) is 0 Å². The van der Waals surface area contributed by atoms with E-state index < -0.39 is 0 Å². The van der Waals surface area contributed by atoms with Gasteiger partial charge in [0.15, 0.2) is 0 Å². The van der Waals surface area contributed by atoms with Gasteiger partial charge in [-0.1, -0.05) is 0 Å². The highest BCUT2D eigenvalue weighted by atomic mass is 15.2. The molecule has 4 nitrogen and oxygen atoms in total. The van der Waals surface area contributed by atoms with Crippen LogP contribution in [0.15, 0.2) is 12.4 Å². The number of aryl methyl sites for hydroxylation is 1. The van der Waals surface area contributed by atoms with Gasteiger partial charge in [-0.05, 0) is 19.9 Å². The molecule has 1 aromatic heterocycles. The number of hydrogen-bond acceptors (Lipinski definition) is 4. The van der Waals surface area contributed by atoms with E-state index in [2.05, 4.69) is 20.2 Å². The number of hydrogen-bond donors (Lipinski definition) is 1. The zero-order valence-corrected chi connectivity index (χ0v) is 8.53. The van der Waals surface area contributed by atoms with Gasteiger partial charge in [0.25, 0.3) is 0 Å². The Morgan fingerprint density at radius 3 is 3.07 bits per heavy atom. The third kappa shape index (κ3) is 2.20. The number of aromatic nitrogens is 2. The Morgan fingerprint density at radius 1 is 1.29 bits per heavy atom. The zero-order chi connectivity index (χ0) is 9.80. The van der Waals surface area contributed by atoms with E-state index in [4.69, 9.17) is 0 Å². The molecule has 2 heterocycles. The maximum atomic E-state index is 4.47. The molecule has 0 aliphatic carbocycles. The second kappa shape index (κ2) is 4.37. The van der Waals surface area contributed by atoms with Crippen LogP contribution in [0.25, 0.3) is 0 Å². The second-order valence-electron chi connectivity index (χ2n) is 3.61. The lowest BCUT2D eigenvalue weighted by molar-refractivity contribution is 0.724. The molecule has 2 rings (SSSR count). The quantitative estimate of drug-likeness (QED) is 0.707. The minimum absolute atomic E-state index is 0.986. The van der Waals surface area contributed by atoms with E-state index in [-0.39, 0.29) is 0 Å². The summed E-state index contributed by atoms with van der Waals surface area (Å²) in [6.45, 7) is 6.22. The van der Waals surface area contributed by atoms with Gasteiger partial charge in [-0.3, -0.25) is 4.98 Å². The highest BCUT2D eigenvalue weighted by Crippen LogP contribution is 2.10. The fourth-order valence-corrected chi connectivity index (χ4v) is 1.68. The summed E-state index contributed by atoms with van der Waals surface area (Å²) in [6.07, 6.45) is 4.81. The van der Waals surface area contributed by atoms with Gasteiger partial charge in [0.1, 0.15) is 5.82 Å². The first kappa shape index (κ1) is 9.40. The van der Waals surface area contributed by atoms with Crippen molar-refractivity contribution in [2.45, 2.75) is 13.3 Å². The van der Waals surface area contributed by atoms with E-state index >= 15 is 0 Å². The Kier molecular flexibility index (Phi) is 2.93. The smallest absolute Gasteiger partial charge is 0.147 e. The van der Waals surface area contributed by atoms with E-state index in [1.54, 1.807) is 6.20 Å². The summed E-state index contributed by atoms with van der Waals surface area (Å²) in [4.78, 5) is 10.9. The molecule has 1 aliphatic rings. The summed E-state index contributed by atoms with van der Waals surface area (Å²) in [5, 5.41) is 3.37. The standard InChI is InChI=1S/C10H16N4/c1-9-7-12-8-10(13-9)14-5-2-3-11-4-6-14/h7-8,11H,2-6H2,1H3. The van der Waals surface area contributed by atoms with E-state index in [1.807, 2.05) is 13.1 Å². The third-order valence-electron chi connectivity index (χ3n) is 2.41. The normalized spacial score (nSPS) is 17.9. The van der Waals surface area contributed by atoms with Gasteiger partial charge in [0.2, 0.25) is 0 Å². The number of nitrogens with one attached hydrogen (secondary N) is 1. The molecule has 0 spiro atoms. The van der Waals surface area contributed by atoms with Crippen molar-refractivity contribution < 1.29 is 0 Å². The van der Waals surface area contributed by atoms with Crippen molar-refractivity contribution in [1.82, 2.24) is 15.3 Å². The van der Waals surface area contributed by atoms with Crippen LogP contribution in [0.5, 0.6) is 0 Å². The largest absolute Gasteiger partial charge is 0.354 e. The van der Waals surface area contributed by atoms with Gasteiger partial charge in [0, 0.05) is 25.8 Å². The van der Waals surface area contributed by atoms with Crippen molar-refractivity contribution in [3.8, 4) is 0 Å². The number of anilines is 1. The Morgan fingerprint density at radius 2 is 2.21 bits per heavy atom. The molecule has 4 heteroatoms. The van der Waals surface area contributed by atoms with Gasteiger partial charge in [-0.15, -0.1) is 0 Å². The SMILES string of the molecule is Cc1cncc(N2CCCNCC2)n1. The van der Waals surface area contributed by atoms with Crippen molar-refractivity contribution in [3.63, 3.8) is 0 Å². The molecule has 1 N–H and O–H groups in total. The lowest BCUT2D eigenvalue weighted by Crippen LogP contribution is -2.28. The summed E-state index contributed by atoms with van der Waals surface area (Å²) >= 11 is 0. The molecule has 1 aliphatic heterocycles. The van der Waals surface area contributed by atoms with Gasteiger partial charge in [0.05, 0.1) is 11.9 Å². The monoisotopic (exact) mass is 192 g/mol. The van der Waals surface area contributed by atoms with Crippen LogP contribution in [-0.2, 0) is 0 Å². The summed E-state index contributed by atoms with van der Waals surface area (Å²) < 4.78 is 0. The molecule has 0 unspecified atom stereocenters. The van der Waals surface area contributed by atoms with Crippen LogP contribution in [-0.4, -0.2) is 36.1 Å². The maximum absolute atomic E-state index is 4.47. The van der Waals surface area contributed by atoms with E-state index in [0.717, 1.165) is 37.7 Å². The molecule has 1 fully saturated rings. The lowest BCUT2D eigenvalue weighted by Gasteiger charge is -2.20. The summed E-state index contributed by atoms with van der Waals surface area (Å²) in [7, 11) is 0. The highest BCUT2D eigenvalue weighted by molar-refractivity contribution is 5.36. The average Bonchev–Trinajstić information content (AvgIpc) is 2.45. The van der Waals surface area contributed by atoms with Crippen LogP contribution >= 0.6 is 0 Å². The highest BCUT2D eigenvalue weighted by Gasteiger charge is 2.10. The van der Waals surface area contributed by atoms with Gasteiger partial charge < -0.3 is 10.2 Å². The topological polar surface area (TPSA) is 41.1 Å². The summed E-state index contributed by atoms with van der Waals surface area (Å²) in [5.74, 6) is 1.01. The van der Waals surface area contributed by atoms with Crippen LogP contribution in [0.1, 0.15) is 12.1 Å². The van der Waals surface area contributed by atoms with Crippen LogP contribution < -0.4 is 10.2 Å². The molecule has 1 aromatic rings. The maximum Gasteiger partial charge on any atom is 0.147 e. The van der Waals surface area contributed by atoms with Crippen molar-refractivity contribution in [3.05, 3.63) is 18.1 Å². The molecule has 14 heavy (non-hydrogen) atoms. The van der Waals surface area contributed by atoms with E-state index in [9.17, 15) is 0 Å². The third-order valence-corrected chi connectivity index (χ3v) is 2.41. The second-order valence-corrected chi connectivity index (χ2v) is 3.61. The first-order chi connectivity index (χ1) is 6.86. The minimum atomic E-state index is 0.986. The molecule has 0 radical (unpaired) electrons. The predicted octanol–water partition coefficient (Wildman–Crippen LogP) is 0.585. The predicted molar refractivity (Wildman–Crippen MR) is 56.5 cm³/mol. The van der Waals surface area contributed by atoms with Gasteiger partial charge in [-0.2, -0.15) is 0 Å². The van der Waals surface area contributed by atoms with Crippen LogP contribution in [0.4, 0.5) is 5.82 Å². The van der Waals surface area contributed by atoms with Gasteiger partial charge in [-0.25, -0.2) is 4.98 Å². The fourth-order valence-electron chi connectivity index (χ4n) is 1.68. The Hall–Kier alpha value is -1.16. The molecule has 0 aromatic carbocycles. The van der Waals surface area contributed by atoms with Crippen LogP contribution in [0.3, 0.4) is 0 Å². The fraction of sp³-hybridized carbons (Fsp3) is 0.600. The Bertz CT molecular complexity index is 292. The average molecular weight is 192 g/mol. The first-order valence-corrected chi connectivity index (χ1v) is 5.10. The molecule has 76 valence electrons. The first-order valence-electron chi connectivity index (χ1n) is 5.10. The Labute approximate surface area is 84.4 Å². The van der Waals surface area contributed by atoms with Crippen LogP contribution in [0.2, 0.25) is 0 Å². The molecule has 1 saturated heterocycles. The van der Waals surface area contributed by atoms with Gasteiger partial charge >= 0.3 is 0 Å². The minimum Gasteiger partial charge on any atom is -0.354 e. The van der Waals surface area contributed by atoms with Crippen molar-refractivity contribution in [2.24, 2.45) is 0 Å². The molecular formula is C10H16N4. The summed E-state index contributed by atoms with van der Waals surface area (Å²) in [6, 6.07) is 0. The molecule has 0 amide bonds. The Balaban J connectivity index is 2.12. The van der Waals surface area contributed by atoms with Crippen molar-refractivity contribution >= 4 is 5.82 Å². The van der Waals surface area contributed by atoms with Crippen molar-refractivity contribution in [2.75, 3.05) is 31.1 Å². The molecular weight excluding hydrogens is 176 g/mol. The zero-order valence-electron chi connectivity index (χ0n) is 8.53. The van der Waals surface area contributed by atoms with E-state index in [1.165, 1.54) is 6.42 Å². The summed E-state index contributed by atoms with van der Waals surface area (Å²) in [5.41, 5.74) is 0.986. The number of nitrogens with zero attached hydrogens (tertiary/aromatic N) is 3. The molecule has 0 atom stereocenters. The van der Waals surface area contributed by atoms with E-state index in [0.29, 0.717) is 0 Å². The lowest BCUT2D eigenvalue weighted by atomic mass is 10.4. The molecule has 0 bridgehead atoms. The molecule has 0 saturated carbocycles. The van der Waals surface area contributed by atoms with Crippen LogP contribution in [0, 0.1) is 6.92 Å². The number of rotatable bonds is 1.